The van der Waals surface area contributed by atoms with E-state index in [-0.39, 0.29) is 11.2 Å². The van der Waals surface area contributed by atoms with Gasteiger partial charge in [-0.05, 0) is 19.1 Å². The van der Waals surface area contributed by atoms with Crippen LogP contribution in [0.4, 0.5) is 0 Å². The van der Waals surface area contributed by atoms with Crippen LogP contribution in [0.3, 0.4) is 0 Å². The second-order valence-electron chi connectivity index (χ2n) is 3.23. The zero-order valence-electron chi connectivity index (χ0n) is 8.97. The van der Waals surface area contributed by atoms with E-state index in [0.29, 0.717) is 0 Å². The number of rotatable bonds is 3. The summed E-state index contributed by atoms with van der Waals surface area (Å²) in [5.41, 5.74) is 0.979. The summed E-state index contributed by atoms with van der Waals surface area (Å²) in [6.45, 7) is 1.82. The zero-order valence-corrected chi connectivity index (χ0v) is 10.6. The molecule has 1 atom stereocenters. The van der Waals surface area contributed by atoms with Gasteiger partial charge in [-0.1, -0.05) is 23.9 Å². The number of ether oxygens (including phenoxy) is 1. The molecule has 0 unspecified atom stereocenters. The van der Waals surface area contributed by atoms with Crippen molar-refractivity contribution in [3.63, 3.8) is 0 Å². The highest BCUT2D eigenvalue weighted by atomic mass is 32.2. The molecule has 0 amide bonds. The highest BCUT2D eigenvalue weighted by Crippen LogP contribution is 2.31. The molecule has 16 heavy (non-hydrogen) atoms. The number of carbonyl (C=O) groups is 1. The van der Waals surface area contributed by atoms with Gasteiger partial charge in [-0.25, -0.2) is 4.98 Å². The van der Waals surface area contributed by atoms with Gasteiger partial charge >= 0.3 is 5.97 Å². The first kappa shape index (κ1) is 11.4. The molecule has 1 aromatic heterocycles. The molecular weight excluding hydrogens is 242 g/mol. The van der Waals surface area contributed by atoms with Crippen LogP contribution in [0.1, 0.15) is 6.92 Å². The topological polar surface area (TPSA) is 39.2 Å². The van der Waals surface area contributed by atoms with Crippen molar-refractivity contribution >= 4 is 39.3 Å². The molecule has 0 radical (unpaired) electrons. The Morgan fingerprint density at radius 2 is 2.25 bits per heavy atom. The fourth-order valence-electron chi connectivity index (χ4n) is 1.27. The van der Waals surface area contributed by atoms with E-state index in [4.69, 9.17) is 0 Å². The van der Waals surface area contributed by atoms with Crippen LogP contribution < -0.4 is 0 Å². The molecule has 0 saturated heterocycles. The van der Waals surface area contributed by atoms with E-state index < -0.39 is 0 Å². The molecule has 1 aromatic carbocycles. The lowest BCUT2D eigenvalue weighted by Gasteiger charge is -2.05. The first-order valence-corrected chi connectivity index (χ1v) is 6.50. The van der Waals surface area contributed by atoms with Gasteiger partial charge in [0.25, 0.3) is 0 Å². The Morgan fingerprint density at radius 3 is 2.94 bits per heavy atom. The van der Waals surface area contributed by atoms with E-state index in [2.05, 4.69) is 9.72 Å². The van der Waals surface area contributed by atoms with Crippen LogP contribution >= 0.6 is 23.1 Å². The molecule has 1 heterocycles. The second-order valence-corrected chi connectivity index (χ2v) is 5.85. The number of esters is 1. The van der Waals surface area contributed by atoms with Gasteiger partial charge in [-0.3, -0.25) is 4.79 Å². The Balaban J connectivity index is 2.18. The van der Waals surface area contributed by atoms with Crippen molar-refractivity contribution in [1.29, 1.82) is 0 Å². The number of carbonyl (C=O) groups excluding carboxylic acids is 1. The van der Waals surface area contributed by atoms with Gasteiger partial charge in [0.1, 0.15) is 5.25 Å². The predicted molar refractivity (Wildman–Crippen MR) is 67.0 cm³/mol. The number of para-hydroxylation sites is 1. The summed E-state index contributed by atoms with van der Waals surface area (Å²) >= 11 is 3.03. The first-order chi connectivity index (χ1) is 7.70. The Labute approximate surface area is 102 Å². The van der Waals surface area contributed by atoms with Crippen molar-refractivity contribution in [2.24, 2.45) is 0 Å². The van der Waals surface area contributed by atoms with E-state index in [1.807, 2.05) is 31.2 Å². The molecule has 5 heteroatoms. The summed E-state index contributed by atoms with van der Waals surface area (Å²) in [7, 11) is 1.40. The van der Waals surface area contributed by atoms with E-state index in [9.17, 15) is 4.79 Å². The van der Waals surface area contributed by atoms with Gasteiger partial charge in [0.15, 0.2) is 4.34 Å². The summed E-state index contributed by atoms with van der Waals surface area (Å²) in [4.78, 5) is 15.7. The minimum Gasteiger partial charge on any atom is -0.468 e. The molecule has 2 aromatic rings. The maximum absolute atomic E-state index is 11.3. The summed E-state index contributed by atoms with van der Waals surface area (Å²) in [5.74, 6) is -0.218. The van der Waals surface area contributed by atoms with Crippen LogP contribution in [0, 0.1) is 0 Å². The number of hydrogen-bond donors (Lipinski definition) is 0. The third-order valence-electron chi connectivity index (χ3n) is 2.08. The van der Waals surface area contributed by atoms with Crippen LogP contribution in [0.25, 0.3) is 10.2 Å². The molecule has 0 fully saturated rings. The molecule has 2 rings (SSSR count). The van der Waals surface area contributed by atoms with Crippen molar-refractivity contribution in [3.05, 3.63) is 24.3 Å². The monoisotopic (exact) mass is 253 g/mol. The van der Waals surface area contributed by atoms with Crippen molar-refractivity contribution < 1.29 is 9.53 Å². The average Bonchev–Trinajstić information content (AvgIpc) is 2.69. The third-order valence-corrected chi connectivity index (χ3v) is 4.29. The molecule has 0 saturated carbocycles. The number of methoxy groups -OCH3 is 1. The standard InChI is InChI=1S/C11H11NO2S2/c1-7(10(13)14-2)15-11-12-8-5-3-4-6-9(8)16-11/h3-7H,1-2H3/t7-/m1/s1. The fourth-order valence-corrected chi connectivity index (χ4v) is 3.50. The molecule has 3 nitrogen and oxygen atoms in total. The highest BCUT2D eigenvalue weighted by molar-refractivity contribution is 8.02. The lowest BCUT2D eigenvalue weighted by atomic mass is 10.3. The van der Waals surface area contributed by atoms with Crippen LogP contribution in [0.15, 0.2) is 28.6 Å². The molecule has 0 N–H and O–H groups in total. The lowest BCUT2D eigenvalue weighted by molar-refractivity contribution is -0.139. The minimum atomic E-state index is -0.218. The quantitative estimate of drug-likeness (QED) is 0.623. The Morgan fingerprint density at radius 1 is 1.50 bits per heavy atom. The van der Waals surface area contributed by atoms with Gasteiger partial charge in [0.2, 0.25) is 0 Å². The van der Waals surface area contributed by atoms with Gasteiger partial charge in [0, 0.05) is 0 Å². The van der Waals surface area contributed by atoms with E-state index in [0.717, 1.165) is 14.6 Å². The summed E-state index contributed by atoms with van der Waals surface area (Å²) in [5, 5.41) is -0.217. The van der Waals surface area contributed by atoms with Crippen LogP contribution in [-0.4, -0.2) is 23.3 Å². The highest BCUT2D eigenvalue weighted by Gasteiger charge is 2.16. The minimum absolute atomic E-state index is 0.217. The molecule has 0 spiro atoms. The normalized spacial score (nSPS) is 12.6. The van der Waals surface area contributed by atoms with Crippen molar-refractivity contribution in [1.82, 2.24) is 4.98 Å². The number of hydrogen-bond acceptors (Lipinski definition) is 5. The maximum Gasteiger partial charge on any atom is 0.318 e. The van der Waals surface area contributed by atoms with Gasteiger partial charge in [-0.2, -0.15) is 0 Å². The van der Waals surface area contributed by atoms with Gasteiger partial charge in [-0.15, -0.1) is 11.3 Å². The van der Waals surface area contributed by atoms with Gasteiger partial charge < -0.3 is 4.74 Å². The summed E-state index contributed by atoms with van der Waals surface area (Å²) in [6, 6.07) is 7.94. The average molecular weight is 253 g/mol. The Bertz CT molecular complexity index is 476. The van der Waals surface area contributed by atoms with E-state index >= 15 is 0 Å². The Hall–Kier alpha value is -1.07. The van der Waals surface area contributed by atoms with Crippen LogP contribution in [0.5, 0.6) is 0 Å². The van der Waals surface area contributed by atoms with Crippen LogP contribution in [0.2, 0.25) is 0 Å². The molecule has 0 aliphatic rings. The fraction of sp³-hybridized carbons (Fsp3) is 0.273. The SMILES string of the molecule is COC(=O)[C@@H](C)Sc1nc2ccccc2s1. The van der Waals surface area contributed by atoms with Gasteiger partial charge in [0.05, 0.1) is 17.3 Å². The molecule has 0 bridgehead atoms. The third kappa shape index (κ3) is 2.36. The zero-order chi connectivity index (χ0) is 11.5. The number of benzene rings is 1. The van der Waals surface area contributed by atoms with E-state index in [1.54, 1.807) is 11.3 Å². The number of thiazole rings is 1. The molecule has 0 aliphatic heterocycles. The number of thioether (sulfide) groups is 1. The molecule has 0 aliphatic carbocycles. The number of fused-ring (bicyclic) bond motifs is 1. The van der Waals surface area contributed by atoms with Crippen LogP contribution in [-0.2, 0) is 9.53 Å². The largest absolute Gasteiger partial charge is 0.468 e. The lowest BCUT2D eigenvalue weighted by Crippen LogP contribution is -2.14. The van der Waals surface area contributed by atoms with Crippen molar-refractivity contribution in [2.45, 2.75) is 16.5 Å². The summed E-state index contributed by atoms with van der Waals surface area (Å²) < 4.78 is 6.72. The first-order valence-electron chi connectivity index (χ1n) is 4.81. The van der Waals surface area contributed by atoms with Crippen molar-refractivity contribution in [3.8, 4) is 0 Å². The van der Waals surface area contributed by atoms with E-state index in [1.165, 1.54) is 18.9 Å². The summed E-state index contributed by atoms with van der Waals surface area (Å²) in [6.07, 6.45) is 0. The Kier molecular flexibility index (Phi) is 3.46. The second kappa shape index (κ2) is 4.84. The number of nitrogens with zero attached hydrogens (tertiary/aromatic N) is 1. The molecule has 84 valence electrons. The maximum atomic E-state index is 11.3. The van der Waals surface area contributed by atoms with Crippen molar-refractivity contribution in [2.75, 3.05) is 7.11 Å². The predicted octanol–water partition coefficient (Wildman–Crippen LogP) is 2.95. The number of aromatic nitrogens is 1. The smallest absolute Gasteiger partial charge is 0.318 e. The molecular formula is C11H11NO2S2.